The average molecular weight is 197 g/mol. The number of hydrogen-bond donors (Lipinski definition) is 0. The Morgan fingerprint density at radius 2 is 1.55 bits per heavy atom. The van der Waals surface area contributed by atoms with Gasteiger partial charge in [0.15, 0.2) is 0 Å². The predicted molar refractivity (Wildman–Crippen MR) is 49.4 cm³/mol. The van der Waals surface area contributed by atoms with Crippen LogP contribution in [0.2, 0.25) is 0 Å². The highest BCUT2D eigenvalue weighted by Gasteiger charge is 2.05. The SMILES string of the molecule is CC1CCCCC1.O=C(Cl)Cl. The van der Waals surface area contributed by atoms with E-state index in [9.17, 15) is 0 Å². The lowest BCUT2D eigenvalue weighted by molar-refractivity contribution is 0.275. The van der Waals surface area contributed by atoms with Crippen LogP contribution in [0.15, 0.2) is 0 Å². The van der Waals surface area contributed by atoms with Gasteiger partial charge >= 0.3 is 4.70 Å². The topological polar surface area (TPSA) is 17.1 Å². The highest BCUT2D eigenvalue weighted by atomic mass is 35.5. The minimum absolute atomic E-state index is 0.889. The summed E-state index contributed by atoms with van der Waals surface area (Å²) in [6, 6.07) is 0. The summed E-state index contributed by atoms with van der Waals surface area (Å²) < 4.78 is -0.889. The molecule has 0 N–H and O–H groups in total. The molecule has 0 saturated heterocycles. The maximum absolute atomic E-state index is 8.98. The lowest BCUT2D eigenvalue weighted by Gasteiger charge is -2.15. The zero-order chi connectivity index (χ0) is 8.69. The maximum Gasteiger partial charge on any atom is 0.313 e. The first-order valence-electron chi connectivity index (χ1n) is 3.98. The molecular formula is C8H14Cl2O. The van der Waals surface area contributed by atoms with E-state index in [0.29, 0.717) is 0 Å². The van der Waals surface area contributed by atoms with Crippen LogP contribution in [-0.2, 0) is 0 Å². The minimum atomic E-state index is -0.889. The molecular weight excluding hydrogens is 183 g/mol. The standard InChI is InChI=1S/C7H14.CCl2O/c1-7-5-3-2-4-6-7;2-1(3)4/h7H,2-6H2,1H3;. The van der Waals surface area contributed by atoms with Gasteiger partial charge in [0.05, 0.1) is 0 Å². The van der Waals surface area contributed by atoms with Gasteiger partial charge in [-0.2, -0.15) is 0 Å². The van der Waals surface area contributed by atoms with Gasteiger partial charge in [-0.15, -0.1) is 0 Å². The van der Waals surface area contributed by atoms with Crippen molar-refractivity contribution in [2.45, 2.75) is 39.0 Å². The van der Waals surface area contributed by atoms with E-state index in [0.717, 1.165) is 5.92 Å². The second-order valence-electron chi connectivity index (χ2n) is 2.97. The van der Waals surface area contributed by atoms with Gasteiger partial charge in [-0.05, 0) is 29.1 Å². The van der Waals surface area contributed by atoms with Crippen LogP contribution in [0.1, 0.15) is 39.0 Å². The Kier molecular flexibility index (Phi) is 7.09. The van der Waals surface area contributed by atoms with E-state index in [1.54, 1.807) is 0 Å². The van der Waals surface area contributed by atoms with Crippen molar-refractivity contribution < 1.29 is 4.79 Å². The number of carbonyl (C=O) groups is 1. The first-order chi connectivity index (χ1) is 5.13. The molecule has 3 heteroatoms. The molecule has 1 aliphatic rings. The van der Waals surface area contributed by atoms with E-state index >= 15 is 0 Å². The molecule has 0 radical (unpaired) electrons. The van der Waals surface area contributed by atoms with Crippen LogP contribution in [0.5, 0.6) is 0 Å². The first-order valence-corrected chi connectivity index (χ1v) is 4.73. The Bertz CT molecular complexity index is 105. The zero-order valence-corrected chi connectivity index (χ0v) is 8.29. The van der Waals surface area contributed by atoms with Crippen LogP contribution in [-0.4, -0.2) is 4.70 Å². The van der Waals surface area contributed by atoms with Crippen molar-refractivity contribution in [1.29, 1.82) is 0 Å². The normalized spacial score (nSPS) is 18.5. The van der Waals surface area contributed by atoms with Gasteiger partial charge in [-0.25, -0.2) is 0 Å². The summed E-state index contributed by atoms with van der Waals surface area (Å²) in [4.78, 5) is 8.98. The highest BCUT2D eigenvalue weighted by molar-refractivity contribution is 6.93. The van der Waals surface area contributed by atoms with Crippen LogP contribution < -0.4 is 0 Å². The third-order valence-electron chi connectivity index (χ3n) is 1.89. The van der Waals surface area contributed by atoms with Crippen LogP contribution in [0.4, 0.5) is 4.79 Å². The molecule has 0 aromatic carbocycles. The van der Waals surface area contributed by atoms with Crippen LogP contribution in [0.25, 0.3) is 0 Å². The van der Waals surface area contributed by atoms with E-state index in [1.165, 1.54) is 32.1 Å². The summed E-state index contributed by atoms with van der Waals surface area (Å²) in [5.41, 5.74) is 0. The molecule has 0 bridgehead atoms. The van der Waals surface area contributed by atoms with E-state index in [4.69, 9.17) is 4.79 Å². The molecule has 0 aromatic heterocycles. The summed E-state index contributed by atoms with van der Waals surface area (Å²) in [7, 11) is 0. The molecule has 0 heterocycles. The Hall–Kier alpha value is 0.250. The van der Waals surface area contributed by atoms with Crippen LogP contribution >= 0.6 is 23.2 Å². The first kappa shape index (κ1) is 11.2. The fourth-order valence-electron chi connectivity index (χ4n) is 1.31. The van der Waals surface area contributed by atoms with Gasteiger partial charge in [-0.1, -0.05) is 39.0 Å². The van der Waals surface area contributed by atoms with Crippen molar-refractivity contribution in [3.05, 3.63) is 0 Å². The number of carbonyl (C=O) groups excluding carboxylic acids is 1. The molecule has 0 aromatic rings. The van der Waals surface area contributed by atoms with Gasteiger partial charge in [0, 0.05) is 0 Å². The summed E-state index contributed by atoms with van der Waals surface area (Å²) in [5, 5.41) is 0. The van der Waals surface area contributed by atoms with Gasteiger partial charge in [0.1, 0.15) is 0 Å². The molecule has 0 aliphatic heterocycles. The molecule has 0 spiro atoms. The minimum Gasteiger partial charge on any atom is -0.262 e. The molecule has 1 rings (SSSR count). The molecule has 1 fully saturated rings. The summed E-state index contributed by atoms with van der Waals surface area (Å²) in [6.07, 6.45) is 7.44. The van der Waals surface area contributed by atoms with Crippen molar-refractivity contribution in [1.82, 2.24) is 0 Å². The molecule has 66 valence electrons. The van der Waals surface area contributed by atoms with Crippen molar-refractivity contribution in [2.75, 3.05) is 0 Å². The third-order valence-corrected chi connectivity index (χ3v) is 1.89. The van der Waals surface area contributed by atoms with Crippen molar-refractivity contribution >= 4 is 27.9 Å². The Balaban J connectivity index is 0.000000218. The lowest BCUT2D eigenvalue weighted by atomic mass is 9.91. The Morgan fingerprint density at radius 1 is 1.18 bits per heavy atom. The molecule has 1 saturated carbocycles. The van der Waals surface area contributed by atoms with Crippen LogP contribution in [0, 0.1) is 5.92 Å². The van der Waals surface area contributed by atoms with E-state index in [2.05, 4.69) is 30.1 Å². The third kappa shape index (κ3) is 10.2. The zero-order valence-electron chi connectivity index (χ0n) is 6.78. The van der Waals surface area contributed by atoms with Crippen molar-refractivity contribution in [2.24, 2.45) is 5.92 Å². The van der Waals surface area contributed by atoms with Crippen molar-refractivity contribution in [3.8, 4) is 0 Å². The van der Waals surface area contributed by atoms with Gasteiger partial charge in [0.25, 0.3) is 0 Å². The summed E-state index contributed by atoms with van der Waals surface area (Å²) in [6.45, 7) is 2.36. The average Bonchev–Trinajstić information content (AvgIpc) is 1.87. The second-order valence-corrected chi connectivity index (χ2v) is 3.85. The summed E-state index contributed by atoms with van der Waals surface area (Å²) in [5.74, 6) is 1.04. The van der Waals surface area contributed by atoms with Gasteiger partial charge < -0.3 is 0 Å². The van der Waals surface area contributed by atoms with E-state index < -0.39 is 4.70 Å². The molecule has 0 amide bonds. The fourth-order valence-corrected chi connectivity index (χ4v) is 1.31. The van der Waals surface area contributed by atoms with Gasteiger partial charge in [0.2, 0.25) is 0 Å². The highest BCUT2D eigenvalue weighted by Crippen LogP contribution is 2.21. The lowest BCUT2D eigenvalue weighted by Crippen LogP contribution is -1.99. The fraction of sp³-hybridized carbons (Fsp3) is 0.875. The molecule has 1 nitrogen and oxygen atoms in total. The Labute approximate surface area is 78.1 Å². The van der Waals surface area contributed by atoms with Gasteiger partial charge in [-0.3, -0.25) is 4.79 Å². The van der Waals surface area contributed by atoms with E-state index in [-0.39, 0.29) is 0 Å². The predicted octanol–water partition coefficient (Wildman–Crippen LogP) is 4.17. The molecule has 11 heavy (non-hydrogen) atoms. The van der Waals surface area contributed by atoms with Crippen LogP contribution in [0.3, 0.4) is 0 Å². The number of halogens is 2. The summed E-state index contributed by atoms with van der Waals surface area (Å²) >= 11 is 8.80. The number of rotatable bonds is 0. The molecule has 0 atom stereocenters. The Morgan fingerprint density at radius 3 is 1.73 bits per heavy atom. The van der Waals surface area contributed by atoms with Crippen molar-refractivity contribution in [3.63, 3.8) is 0 Å². The molecule has 1 aliphatic carbocycles. The quantitative estimate of drug-likeness (QED) is 0.532. The second kappa shape index (κ2) is 6.93. The monoisotopic (exact) mass is 196 g/mol. The maximum atomic E-state index is 8.98. The smallest absolute Gasteiger partial charge is 0.262 e. The largest absolute Gasteiger partial charge is 0.313 e. The molecule has 0 unspecified atom stereocenters. The van der Waals surface area contributed by atoms with E-state index in [1.807, 2.05) is 0 Å². The number of hydrogen-bond acceptors (Lipinski definition) is 1.